The third kappa shape index (κ3) is 2.31. The first-order valence-electron chi connectivity index (χ1n) is 7.37. The van der Waals surface area contributed by atoms with Crippen molar-refractivity contribution < 1.29 is 9.53 Å². The summed E-state index contributed by atoms with van der Waals surface area (Å²) in [5, 5.41) is 0. The Labute approximate surface area is 127 Å². The van der Waals surface area contributed by atoms with Gasteiger partial charge in [0, 0.05) is 0 Å². The van der Waals surface area contributed by atoms with Crippen molar-refractivity contribution in [3.8, 4) is 0 Å². The summed E-state index contributed by atoms with van der Waals surface area (Å²) < 4.78 is 7.15. The molecular formula is C17H22O2Se. The second kappa shape index (κ2) is 4.89. The molecule has 1 aromatic carbocycles. The Hall–Kier alpha value is -0.791. The average Bonchev–Trinajstić information content (AvgIpc) is 2.62. The van der Waals surface area contributed by atoms with E-state index >= 15 is 0 Å². The van der Waals surface area contributed by atoms with Crippen molar-refractivity contribution in [1.82, 2.24) is 0 Å². The minimum absolute atomic E-state index is 0.0383. The predicted octanol–water partition coefficient (Wildman–Crippen LogP) is 2.95. The molecule has 3 heteroatoms. The van der Waals surface area contributed by atoms with Gasteiger partial charge in [0.05, 0.1) is 0 Å². The Morgan fingerprint density at radius 3 is 2.55 bits per heavy atom. The third-order valence-electron chi connectivity index (χ3n) is 4.87. The molecule has 1 saturated carbocycles. The van der Waals surface area contributed by atoms with Crippen LogP contribution in [0.5, 0.6) is 0 Å². The van der Waals surface area contributed by atoms with Gasteiger partial charge >= 0.3 is 127 Å². The molecule has 2 fully saturated rings. The number of benzene rings is 1. The first-order valence-corrected chi connectivity index (χ1v) is 9.21. The van der Waals surface area contributed by atoms with E-state index in [2.05, 4.69) is 45.0 Å². The zero-order valence-electron chi connectivity index (χ0n) is 12.4. The summed E-state index contributed by atoms with van der Waals surface area (Å²) in [4.78, 5) is 12.5. The molecule has 1 heterocycles. The fraction of sp³-hybridized carbons (Fsp3) is 0.588. The second-order valence-corrected chi connectivity index (χ2v) is 9.45. The number of rotatable bonds is 2. The molecular weight excluding hydrogens is 315 g/mol. The summed E-state index contributed by atoms with van der Waals surface area (Å²) in [6, 6.07) is 10.4. The number of ether oxygens (including phenoxy) is 1. The van der Waals surface area contributed by atoms with Crippen LogP contribution in [0.2, 0.25) is 4.82 Å². The van der Waals surface area contributed by atoms with E-state index in [-0.39, 0.29) is 36.8 Å². The van der Waals surface area contributed by atoms with E-state index in [1.165, 1.54) is 17.3 Å². The van der Waals surface area contributed by atoms with Gasteiger partial charge in [-0.25, -0.2) is 0 Å². The summed E-state index contributed by atoms with van der Waals surface area (Å²) in [7, 11) is 0. The predicted molar refractivity (Wildman–Crippen MR) is 81.2 cm³/mol. The quantitative estimate of drug-likeness (QED) is 0.613. The Kier molecular flexibility index (Phi) is 3.46. The van der Waals surface area contributed by atoms with Crippen LogP contribution in [0.3, 0.4) is 0 Å². The molecule has 20 heavy (non-hydrogen) atoms. The van der Waals surface area contributed by atoms with Gasteiger partial charge in [0.2, 0.25) is 0 Å². The number of esters is 1. The summed E-state index contributed by atoms with van der Waals surface area (Å²) in [5.41, 5.74) is -0.0413. The van der Waals surface area contributed by atoms with Gasteiger partial charge in [0.1, 0.15) is 0 Å². The molecule has 0 aromatic heterocycles. The van der Waals surface area contributed by atoms with Crippen molar-refractivity contribution in [3.05, 3.63) is 30.3 Å². The van der Waals surface area contributed by atoms with E-state index in [0.29, 0.717) is 5.92 Å². The van der Waals surface area contributed by atoms with Gasteiger partial charge in [-0.05, 0) is 0 Å². The monoisotopic (exact) mass is 338 g/mol. The summed E-state index contributed by atoms with van der Waals surface area (Å²) in [5.74, 6) is 0.396. The maximum atomic E-state index is 12.4. The van der Waals surface area contributed by atoms with E-state index in [0.717, 1.165) is 6.42 Å². The van der Waals surface area contributed by atoms with Crippen LogP contribution in [0.15, 0.2) is 30.3 Å². The van der Waals surface area contributed by atoms with E-state index in [1.54, 1.807) is 0 Å². The molecule has 1 saturated heterocycles. The number of hydrogen-bond donors (Lipinski definition) is 0. The van der Waals surface area contributed by atoms with Crippen molar-refractivity contribution in [2.75, 3.05) is 0 Å². The van der Waals surface area contributed by atoms with Gasteiger partial charge < -0.3 is 0 Å². The van der Waals surface area contributed by atoms with E-state index in [4.69, 9.17) is 4.74 Å². The molecule has 3 atom stereocenters. The minimum atomic E-state index is -0.236. The normalized spacial score (nSPS) is 35.5. The van der Waals surface area contributed by atoms with Crippen LogP contribution < -0.4 is 4.46 Å². The van der Waals surface area contributed by atoms with Gasteiger partial charge in [-0.1, -0.05) is 0 Å². The zero-order valence-corrected chi connectivity index (χ0v) is 14.1. The summed E-state index contributed by atoms with van der Waals surface area (Å²) in [6.07, 6.45) is 3.39. The van der Waals surface area contributed by atoms with Gasteiger partial charge in [-0.3, -0.25) is 0 Å². The van der Waals surface area contributed by atoms with Gasteiger partial charge in [-0.2, -0.15) is 0 Å². The molecule has 1 aliphatic carbocycles. The second-order valence-electron chi connectivity index (χ2n) is 6.91. The summed E-state index contributed by atoms with van der Waals surface area (Å²) >= 11 is 0.162. The van der Waals surface area contributed by atoms with Crippen LogP contribution in [0.25, 0.3) is 0 Å². The average molecular weight is 337 g/mol. The van der Waals surface area contributed by atoms with Gasteiger partial charge in [0.15, 0.2) is 0 Å². The Morgan fingerprint density at radius 1 is 1.15 bits per heavy atom. The van der Waals surface area contributed by atoms with E-state index < -0.39 is 0 Å². The molecule has 3 rings (SSSR count). The van der Waals surface area contributed by atoms with Crippen molar-refractivity contribution in [1.29, 1.82) is 0 Å². The number of hydrogen-bond acceptors (Lipinski definition) is 2. The molecule has 1 aromatic rings. The van der Waals surface area contributed by atoms with Crippen LogP contribution in [-0.4, -0.2) is 26.5 Å². The fourth-order valence-corrected chi connectivity index (χ4v) is 7.30. The molecule has 2 nitrogen and oxygen atoms in total. The van der Waals surface area contributed by atoms with Crippen molar-refractivity contribution in [2.45, 2.75) is 50.5 Å². The molecule has 2 aliphatic rings. The van der Waals surface area contributed by atoms with E-state index in [1.807, 2.05) is 6.07 Å². The van der Waals surface area contributed by atoms with Crippen molar-refractivity contribution in [3.63, 3.8) is 0 Å². The van der Waals surface area contributed by atoms with Crippen LogP contribution in [0.1, 0.15) is 40.0 Å². The molecule has 0 spiro atoms. The van der Waals surface area contributed by atoms with Crippen LogP contribution in [0.4, 0.5) is 0 Å². The fourth-order valence-electron chi connectivity index (χ4n) is 4.06. The van der Waals surface area contributed by atoms with E-state index in [9.17, 15) is 4.79 Å². The Balaban J connectivity index is 1.91. The molecule has 0 amide bonds. The number of carbonyl (C=O) groups excluding carboxylic acids is 1. The first-order chi connectivity index (χ1) is 9.42. The standard InChI is InChI=1S/C17H22O2Se/c1-16(2)10-7-11-17(3)14(16)13(15(18)19-17)20-12-8-5-4-6-9-12/h4-6,8-9,13-14H,7,10-11H2,1-3H3/t13-,14+,17-/m0/s1. The summed E-state index contributed by atoms with van der Waals surface area (Å²) in [6.45, 7) is 6.77. The Morgan fingerprint density at radius 2 is 1.85 bits per heavy atom. The molecule has 1 aliphatic heterocycles. The topological polar surface area (TPSA) is 26.3 Å². The van der Waals surface area contributed by atoms with Crippen LogP contribution in [0, 0.1) is 11.3 Å². The molecule has 0 N–H and O–H groups in total. The molecule has 0 bridgehead atoms. The van der Waals surface area contributed by atoms with Crippen LogP contribution >= 0.6 is 0 Å². The molecule has 108 valence electrons. The number of fused-ring (bicyclic) bond motifs is 1. The molecule has 0 unspecified atom stereocenters. The van der Waals surface area contributed by atoms with Crippen LogP contribution in [-0.2, 0) is 9.53 Å². The first kappa shape index (κ1) is 14.2. The van der Waals surface area contributed by atoms with Gasteiger partial charge in [-0.15, -0.1) is 0 Å². The Bertz CT molecular complexity index is 511. The SMILES string of the molecule is CC1(C)CCC[C@]2(C)OC(=O)[C@@H]([Se]c3ccccc3)[C@H]12. The van der Waals surface area contributed by atoms with Crippen molar-refractivity contribution >= 4 is 25.4 Å². The van der Waals surface area contributed by atoms with Crippen molar-refractivity contribution in [2.24, 2.45) is 11.3 Å². The van der Waals surface area contributed by atoms with Gasteiger partial charge in [0.25, 0.3) is 0 Å². The zero-order chi connectivity index (χ0) is 14.4. The number of carbonyl (C=O) groups is 1. The molecule has 0 radical (unpaired) electrons. The maximum absolute atomic E-state index is 12.4. The third-order valence-corrected chi connectivity index (χ3v) is 7.52.